The van der Waals surface area contributed by atoms with E-state index in [1.165, 1.54) is 0 Å². The molecule has 0 heterocycles. The van der Waals surface area contributed by atoms with E-state index in [1.807, 2.05) is 0 Å². The van der Waals surface area contributed by atoms with Crippen LogP contribution in [-0.4, -0.2) is 35.7 Å². The molecule has 0 bridgehead atoms. The van der Waals surface area contributed by atoms with Gasteiger partial charge >= 0.3 is 12.3 Å². The van der Waals surface area contributed by atoms with Crippen LogP contribution in [0.3, 0.4) is 0 Å². The Bertz CT molecular complexity index is 147. The number of rotatable bonds is 4. The zero-order valence-corrected chi connectivity index (χ0v) is 6.52. The van der Waals surface area contributed by atoms with Crippen molar-refractivity contribution < 1.29 is 29.3 Å². The van der Waals surface area contributed by atoms with Crippen LogP contribution in [-0.2, 0) is 9.47 Å². The molecule has 0 aromatic rings. The molecular weight excluding hydrogens is 168 g/mol. The second-order valence-electron chi connectivity index (χ2n) is 2.26. The van der Waals surface area contributed by atoms with Gasteiger partial charge in [-0.15, -0.1) is 0 Å². The second kappa shape index (κ2) is 5.22. The fraction of sp³-hybridized carbons (Fsp3) is 0.667. The van der Waals surface area contributed by atoms with E-state index in [1.54, 1.807) is 6.92 Å². The van der Waals surface area contributed by atoms with Gasteiger partial charge in [-0.2, -0.15) is 0 Å². The topological polar surface area (TPSA) is 93.1 Å². The molecule has 0 spiro atoms. The normalized spacial score (nSPS) is 9.50. The average molecular weight is 178 g/mol. The van der Waals surface area contributed by atoms with Crippen molar-refractivity contribution >= 4 is 12.3 Å². The maximum Gasteiger partial charge on any atom is 0.505 e. The van der Waals surface area contributed by atoms with Crippen LogP contribution >= 0.6 is 0 Å². The van der Waals surface area contributed by atoms with Gasteiger partial charge < -0.3 is 19.7 Å². The number of carboxylic acid groups (broad SMARTS) is 2. The first kappa shape index (κ1) is 10.5. The summed E-state index contributed by atoms with van der Waals surface area (Å²) in [6.07, 6.45) is -2.76. The number of hydrogen-bond acceptors (Lipinski definition) is 4. The van der Waals surface area contributed by atoms with E-state index in [0.29, 0.717) is 0 Å². The lowest BCUT2D eigenvalue weighted by atomic mass is 10.2. The molecule has 0 aliphatic rings. The molecule has 0 atom stereocenters. The summed E-state index contributed by atoms with van der Waals surface area (Å²) in [5, 5.41) is 16.1. The van der Waals surface area contributed by atoms with Crippen molar-refractivity contribution in [2.45, 2.75) is 6.92 Å². The molecule has 0 aromatic heterocycles. The van der Waals surface area contributed by atoms with Gasteiger partial charge in [0.25, 0.3) is 0 Å². The van der Waals surface area contributed by atoms with Crippen LogP contribution < -0.4 is 0 Å². The Morgan fingerprint density at radius 1 is 1.17 bits per heavy atom. The summed E-state index contributed by atoms with van der Waals surface area (Å²) in [7, 11) is 0. The van der Waals surface area contributed by atoms with E-state index >= 15 is 0 Å². The van der Waals surface area contributed by atoms with E-state index in [4.69, 9.17) is 10.2 Å². The van der Waals surface area contributed by atoms with Crippen molar-refractivity contribution in [3.63, 3.8) is 0 Å². The van der Waals surface area contributed by atoms with Gasteiger partial charge in [-0.25, -0.2) is 9.59 Å². The van der Waals surface area contributed by atoms with Gasteiger partial charge in [-0.1, -0.05) is 6.92 Å². The molecule has 0 saturated heterocycles. The summed E-state index contributed by atoms with van der Waals surface area (Å²) in [5.74, 6) is -0.266. The molecule has 6 nitrogen and oxygen atoms in total. The third-order valence-electron chi connectivity index (χ3n) is 0.983. The summed E-state index contributed by atoms with van der Waals surface area (Å²) in [6, 6.07) is 0. The maximum atomic E-state index is 9.86. The Kier molecular flexibility index (Phi) is 4.59. The summed E-state index contributed by atoms with van der Waals surface area (Å²) in [5.41, 5.74) is 0. The predicted molar refractivity (Wildman–Crippen MR) is 37.1 cm³/mol. The SMILES string of the molecule is CC(COC(=O)O)COC(=O)O. The zero-order chi connectivity index (χ0) is 9.56. The Balaban J connectivity index is 3.39. The van der Waals surface area contributed by atoms with E-state index in [2.05, 4.69) is 9.47 Å². The fourth-order valence-corrected chi connectivity index (χ4v) is 0.475. The third kappa shape index (κ3) is 6.66. The standard InChI is InChI=1S/C6H10O6/c1-4(2-11-5(7)8)3-12-6(9)10/h4H,2-3H2,1H3,(H,7,8)(H,9,10). The molecule has 12 heavy (non-hydrogen) atoms. The van der Waals surface area contributed by atoms with Crippen molar-refractivity contribution in [1.82, 2.24) is 0 Å². The van der Waals surface area contributed by atoms with Gasteiger partial charge in [0, 0.05) is 5.92 Å². The molecule has 0 saturated carbocycles. The lowest BCUT2D eigenvalue weighted by Crippen LogP contribution is -2.16. The lowest BCUT2D eigenvalue weighted by molar-refractivity contribution is 0.0479. The van der Waals surface area contributed by atoms with Crippen molar-refractivity contribution in [2.75, 3.05) is 13.2 Å². The van der Waals surface area contributed by atoms with Crippen LogP contribution in [0.2, 0.25) is 0 Å². The van der Waals surface area contributed by atoms with E-state index in [0.717, 1.165) is 0 Å². The molecule has 2 N–H and O–H groups in total. The van der Waals surface area contributed by atoms with Crippen LogP contribution in [0.4, 0.5) is 9.59 Å². The Morgan fingerprint density at radius 2 is 1.50 bits per heavy atom. The second-order valence-corrected chi connectivity index (χ2v) is 2.26. The molecule has 0 aromatic carbocycles. The minimum absolute atomic E-state index is 0.0669. The highest BCUT2D eigenvalue weighted by atomic mass is 16.7. The molecule has 0 rings (SSSR count). The molecule has 6 heteroatoms. The molecule has 0 unspecified atom stereocenters. The number of carbonyl (C=O) groups is 2. The van der Waals surface area contributed by atoms with Gasteiger partial charge in [0.1, 0.15) is 13.2 Å². The van der Waals surface area contributed by atoms with Gasteiger partial charge in [-0.3, -0.25) is 0 Å². The molecule has 70 valence electrons. The molecule has 0 aliphatic carbocycles. The summed E-state index contributed by atoms with van der Waals surface area (Å²) in [4.78, 5) is 19.7. The monoisotopic (exact) mass is 178 g/mol. The van der Waals surface area contributed by atoms with E-state index in [9.17, 15) is 9.59 Å². The Morgan fingerprint density at radius 3 is 1.75 bits per heavy atom. The summed E-state index contributed by atoms with van der Waals surface area (Å²) in [6.45, 7) is 1.48. The average Bonchev–Trinajstić information content (AvgIpc) is 1.96. The predicted octanol–water partition coefficient (Wildman–Crippen LogP) is 1.01. The molecular formula is C6H10O6. The summed E-state index contributed by atoms with van der Waals surface area (Å²) < 4.78 is 8.36. The van der Waals surface area contributed by atoms with Crippen molar-refractivity contribution in [1.29, 1.82) is 0 Å². The van der Waals surface area contributed by atoms with E-state index in [-0.39, 0.29) is 19.1 Å². The van der Waals surface area contributed by atoms with Gasteiger partial charge in [0.2, 0.25) is 0 Å². The van der Waals surface area contributed by atoms with Crippen molar-refractivity contribution in [3.05, 3.63) is 0 Å². The molecule has 0 radical (unpaired) electrons. The van der Waals surface area contributed by atoms with Gasteiger partial charge in [-0.05, 0) is 0 Å². The lowest BCUT2D eigenvalue weighted by Gasteiger charge is -2.08. The van der Waals surface area contributed by atoms with Crippen molar-refractivity contribution in [3.8, 4) is 0 Å². The third-order valence-corrected chi connectivity index (χ3v) is 0.983. The van der Waals surface area contributed by atoms with Crippen molar-refractivity contribution in [2.24, 2.45) is 5.92 Å². The first-order chi connectivity index (χ1) is 5.52. The highest BCUT2D eigenvalue weighted by Gasteiger charge is 2.07. The fourth-order valence-electron chi connectivity index (χ4n) is 0.475. The first-order valence-electron chi connectivity index (χ1n) is 3.23. The van der Waals surface area contributed by atoms with E-state index < -0.39 is 12.3 Å². The van der Waals surface area contributed by atoms with Crippen LogP contribution in [0.5, 0.6) is 0 Å². The molecule has 0 fully saturated rings. The van der Waals surface area contributed by atoms with Gasteiger partial charge in [0.05, 0.1) is 0 Å². The zero-order valence-electron chi connectivity index (χ0n) is 6.52. The van der Waals surface area contributed by atoms with Gasteiger partial charge in [0.15, 0.2) is 0 Å². The first-order valence-corrected chi connectivity index (χ1v) is 3.23. The molecule has 0 aliphatic heterocycles. The van der Waals surface area contributed by atoms with Crippen LogP contribution in [0.1, 0.15) is 6.92 Å². The minimum atomic E-state index is -1.38. The Labute approximate surface area is 68.7 Å². The van der Waals surface area contributed by atoms with Crippen LogP contribution in [0.25, 0.3) is 0 Å². The number of ether oxygens (including phenoxy) is 2. The molecule has 0 amide bonds. The summed E-state index contributed by atoms with van der Waals surface area (Å²) >= 11 is 0. The Hall–Kier alpha value is -1.46. The van der Waals surface area contributed by atoms with Crippen LogP contribution in [0.15, 0.2) is 0 Å². The largest absolute Gasteiger partial charge is 0.505 e. The highest BCUT2D eigenvalue weighted by Crippen LogP contribution is 1.97. The quantitative estimate of drug-likeness (QED) is 0.624. The highest BCUT2D eigenvalue weighted by molar-refractivity contribution is 5.57. The minimum Gasteiger partial charge on any atom is -0.450 e. The smallest absolute Gasteiger partial charge is 0.450 e. The number of hydrogen-bond donors (Lipinski definition) is 2. The van der Waals surface area contributed by atoms with Crippen LogP contribution in [0, 0.1) is 5.92 Å². The maximum absolute atomic E-state index is 9.86.